The Bertz CT molecular complexity index is 1210. The summed E-state index contributed by atoms with van der Waals surface area (Å²) in [5, 5.41) is 3.62. The first-order valence-corrected chi connectivity index (χ1v) is 11.1. The van der Waals surface area contributed by atoms with Crippen LogP contribution in [0.2, 0.25) is 0 Å². The monoisotopic (exact) mass is 446 g/mol. The summed E-state index contributed by atoms with van der Waals surface area (Å²) in [6.07, 6.45) is 2.23. The minimum absolute atomic E-state index is 0.148. The Hall–Kier alpha value is -3.47. The van der Waals surface area contributed by atoms with Crippen molar-refractivity contribution in [1.29, 1.82) is 0 Å². The number of rotatable bonds is 6. The number of nitrogens with one attached hydrogen (secondary N) is 1. The number of benzene rings is 3. The molecule has 1 heterocycles. The Balaban J connectivity index is 1.83. The molecule has 4 nitrogen and oxygen atoms in total. The van der Waals surface area contributed by atoms with Crippen molar-refractivity contribution in [3.8, 4) is 22.6 Å². The SMILES string of the molecule is COc1cc(F)ccc1-c1ccc2c(c1COc1cccc(N(C)C)c1)C(C)=CC(C)(C)N2. The molecule has 0 saturated carbocycles. The lowest BCUT2D eigenvalue weighted by molar-refractivity contribution is 0.306. The molecule has 0 spiro atoms. The maximum atomic E-state index is 13.9. The quantitative estimate of drug-likeness (QED) is 0.454. The molecule has 172 valence electrons. The van der Waals surface area contributed by atoms with Gasteiger partial charge in [-0.05, 0) is 62.2 Å². The van der Waals surface area contributed by atoms with Crippen molar-refractivity contribution in [2.24, 2.45) is 0 Å². The van der Waals surface area contributed by atoms with Gasteiger partial charge < -0.3 is 19.7 Å². The third-order valence-corrected chi connectivity index (χ3v) is 5.91. The van der Waals surface area contributed by atoms with E-state index in [2.05, 4.69) is 44.3 Å². The predicted molar refractivity (Wildman–Crippen MR) is 135 cm³/mol. The Kier molecular flexibility index (Phi) is 6.07. The van der Waals surface area contributed by atoms with Gasteiger partial charge in [-0.2, -0.15) is 0 Å². The summed E-state index contributed by atoms with van der Waals surface area (Å²) in [6.45, 7) is 6.80. The minimum Gasteiger partial charge on any atom is -0.496 e. The van der Waals surface area contributed by atoms with Gasteiger partial charge in [-0.1, -0.05) is 18.2 Å². The molecule has 0 amide bonds. The first-order chi connectivity index (χ1) is 15.7. The summed E-state index contributed by atoms with van der Waals surface area (Å²) in [5.41, 5.74) is 7.10. The second-order valence-electron chi connectivity index (χ2n) is 9.21. The molecular weight excluding hydrogens is 415 g/mol. The fourth-order valence-electron chi connectivity index (χ4n) is 4.50. The highest BCUT2D eigenvalue weighted by Gasteiger charge is 2.27. The standard InChI is InChI=1S/C28H31FN2O2/c1-18-16-28(2,3)30-25-13-12-22(23-11-10-19(29)14-26(23)32-6)24(27(18)25)17-33-21-9-7-8-20(15-21)31(4)5/h7-16,30H,17H2,1-6H3. The highest BCUT2D eigenvalue weighted by Crippen LogP contribution is 2.43. The van der Waals surface area contributed by atoms with Gasteiger partial charge in [-0.25, -0.2) is 4.39 Å². The lowest BCUT2D eigenvalue weighted by Gasteiger charge is -2.33. The van der Waals surface area contributed by atoms with Crippen molar-refractivity contribution in [2.45, 2.75) is 32.9 Å². The zero-order valence-electron chi connectivity index (χ0n) is 20.1. The molecule has 5 heteroatoms. The fraction of sp³-hybridized carbons (Fsp3) is 0.286. The topological polar surface area (TPSA) is 33.7 Å². The van der Waals surface area contributed by atoms with E-state index in [1.807, 2.05) is 43.3 Å². The molecule has 0 atom stereocenters. The van der Waals surface area contributed by atoms with Crippen LogP contribution in [-0.4, -0.2) is 26.7 Å². The van der Waals surface area contributed by atoms with E-state index in [1.54, 1.807) is 13.2 Å². The molecule has 0 unspecified atom stereocenters. The maximum absolute atomic E-state index is 13.9. The van der Waals surface area contributed by atoms with Crippen LogP contribution in [0.1, 0.15) is 31.9 Å². The fourth-order valence-corrected chi connectivity index (χ4v) is 4.50. The van der Waals surface area contributed by atoms with Crippen molar-refractivity contribution in [3.05, 3.63) is 77.6 Å². The summed E-state index contributed by atoms with van der Waals surface area (Å²) in [6, 6.07) is 16.8. The van der Waals surface area contributed by atoms with Gasteiger partial charge in [0.25, 0.3) is 0 Å². The van der Waals surface area contributed by atoms with Crippen LogP contribution < -0.4 is 19.7 Å². The average Bonchev–Trinajstić information content (AvgIpc) is 2.76. The van der Waals surface area contributed by atoms with Crippen LogP contribution in [-0.2, 0) is 6.61 Å². The zero-order valence-corrected chi connectivity index (χ0v) is 20.1. The predicted octanol–water partition coefficient (Wildman–Crippen LogP) is 6.75. The molecule has 0 aliphatic carbocycles. The molecule has 3 aromatic rings. The molecule has 1 aliphatic rings. The maximum Gasteiger partial charge on any atom is 0.129 e. The van der Waals surface area contributed by atoms with Gasteiger partial charge in [0.1, 0.15) is 23.9 Å². The third kappa shape index (κ3) is 4.68. The lowest BCUT2D eigenvalue weighted by atomic mass is 9.85. The van der Waals surface area contributed by atoms with E-state index in [1.165, 1.54) is 17.7 Å². The number of allylic oxidation sites excluding steroid dienone is 1. The first kappa shape index (κ1) is 22.7. The number of methoxy groups -OCH3 is 1. The number of nitrogens with zero attached hydrogens (tertiary/aromatic N) is 1. The molecule has 0 radical (unpaired) electrons. The molecule has 0 fully saturated rings. The van der Waals surface area contributed by atoms with Crippen LogP contribution in [0.4, 0.5) is 15.8 Å². The van der Waals surface area contributed by atoms with Gasteiger partial charge in [-0.3, -0.25) is 0 Å². The van der Waals surface area contributed by atoms with Gasteiger partial charge in [-0.15, -0.1) is 0 Å². The minimum atomic E-state index is -0.327. The van der Waals surface area contributed by atoms with Gasteiger partial charge in [0.2, 0.25) is 0 Å². The summed E-state index contributed by atoms with van der Waals surface area (Å²) < 4.78 is 25.8. The van der Waals surface area contributed by atoms with Crippen molar-refractivity contribution in [3.63, 3.8) is 0 Å². The smallest absolute Gasteiger partial charge is 0.129 e. The van der Waals surface area contributed by atoms with Crippen LogP contribution in [0.25, 0.3) is 16.7 Å². The van der Waals surface area contributed by atoms with Gasteiger partial charge in [0.05, 0.1) is 12.6 Å². The highest BCUT2D eigenvalue weighted by atomic mass is 19.1. The molecule has 33 heavy (non-hydrogen) atoms. The van der Waals surface area contributed by atoms with Crippen molar-refractivity contribution in [1.82, 2.24) is 0 Å². The molecule has 4 rings (SSSR count). The first-order valence-electron chi connectivity index (χ1n) is 11.1. The Labute approximate surface area is 195 Å². The molecule has 0 aromatic heterocycles. The van der Waals surface area contributed by atoms with Gasteiger partial charge >= 0.3 is 0 Å². The van der Waals surface area contributed by atoms with Crippen LogP contribution in [0.5, 0.6) is 11.5 Å². The van der Waals surface area contributed by atoms with E-state index in [4.69, 9.17) is 9.47 Å². The van der Waals surface area contributed by atoms with Crippen LogP contribution in [0.3, 0.4) is 0 Å². The number of hydrogen-bond donors (Lipinski definition) is 1. The molecular formula is C28H31FN2O2. The Morgan fingerprint density at radius 1 is 1.00 bits per heavy atom. The Morgan fingerprint density at radius 3 is 2.48 bits per heavy atom. The van der Waals surface area contributed by atoms with E-state index in [0.29, 0.717) is 12.4 Å². The number of hydrogen-bond acceptors (Lipinski definition) is 4. The van der Waals surface area contributed by atoms with E-state index < -0.39 is 0 Å². The normalized spacial score (nSPS) is 14.1. The number of fused-ring (bicyclic) bond motifs is 1. The second kappa shape index (κ2) is 8.81. The zero-order chi connectivity index (χ0) is 23.8. The average molecular weight is 447 g/mol. The second-order valence-corrected chi connectivity index (χ2v) is 9.21. The summed E-state index contributed by atoms with van der Waals surface area (Å²) >= 11 is 0. The van der Waals surface area contributed by atoms with Crippen molar-refractivity contribution >= 4 is 16.9 Å². The van der Waals surface area contributed by atoms with E-state index in [0.717, 1.165) is 39.4 Å². The lowest BCUT2D eigenvalue weighted by Crippen LogP contribution is -2.32. The largest absolute Gasteiger partial charge is 0.496 e. The molecule has 3 aromatic carbocycles. The van der Waals surface area contributed by atoms with Gasteiger partial charge in [0, 0.05) is 54.3 Å². The number of halogens is 1. The van der Waals surface area contributed by atoms with E-state index in [-0.39, 0.29) is 11.4 Å². The third-order valence-electron chi connectivity index (χ3n) is 5.91. The van der Waals surface area contributed by atoms with Crippen molar-refractivity contribution < 1.29 is 13.9 Å². The van der Waals surface area contributed by atoms with Crippen LogP contribution in [0, 0.1) is 5.82 Å². The van der Waals surface area contributed by atoms with Crippen LogP contribution >= 0.6 is 0 Å². The van der Waals surface area contributed by atoms with Gasteiger partial charge in [0.15, 0.2) is 0 Å². The van der Waals surface area contributed by atoms with E-state index in [9.17, 15) is 4.39 Å². The highest BCUT2D eigenvalue weighted by molar-refractivity contribution is 5.88. The Morgan fingerprint density at radius 2 is 1.76 bits per heavy atom. The van der Waals surface area contributed by atoms with E-state index >= 15 is 0 Å². The number of ether oxygens (including phenoxy) is 2. The molecule has 1 aliphatic heterocycles. The number of anilines is 2. The summed E-state index contributed by atoms with van der Waals surface area (Å²) in [4.78, 5) is 2.05. The summed E-state index contributed by atoms with van der Waals surface area (Å²) in [7, 11) is 5.58. The molecule has 0 saturated heterocycles. The molecule has 1 N–H and O–H groups in total. The van der Waals surface area contributed by atoms with Crippen molar-refractivity contribution in [2.75, 3.05) is 31.4 Å². The van der Waals surface area contributed by atoms with Crippen LogP contribution in [0.15, 0.2) is 60.7 Å². The molecule has 0 bridgehead atoms. The summed E-state index contributed by atoms with van der Waals surface area (Å²) in [5.74, 6) is 0.962.